The number of nitrogens with zero attached hydrogens (tertiary/aromatic N) is 1. The maximum atomic E-state index is 11.6. The largest absolute Gasteiger partial charge is 0.313 e. The second-order valence-corrected chi connectivity index (χ2v) is 8.08. The zero-order valence-electron chi connectivity index (χ0n) is 12.5. The summed E-state index contributed by atoms with van der Waals surface area (Å²) >= 11 is 0. The fourth-order valence-electron chi connectivity index (χ4n) is 2.66. The van der Waals surface area contributed by atoms with Crippen LogP contribution in [0.3, 0.4) is 0 Å². The quantitative estimate of drug-likeness (QED) is 0.869. The molecular weight excluding hydrogens is 272 g/mol. The molecule has 0 heterocycles. The Morgan fingerprint density at radius 2 is 1.90 bits per heavy atom. The summed E-state index contributed by atoms with van der Waals surface area (Å²) in [5.41, 5.74) is 2.79. The van der Waals surface area contributed by atoms with Gasteiger partial charge in [0.25, 0.3) is 0 Å². The van der Waals surface area contributed by atoms with E-state index in [2.05, 4.69) is 36.5 Å². The standard InChI is InChI=1S/C15H24N2O2S/c1-12-6-4-5-7-15(12)13-10-14(11-13)16-8-9-20(18,19)17(2)3/h4-7,13-14,16H,8-11H2,1-3H3. The van der Waals surface area contributed by atoms with E-state index in [1.54, 1.807) is 14.1 Å². The first-order valence-electron chi connectivity index (χ1n) is 7.09. The maximum absolute atomic E-state index is 11.6. The van der Waals surface area contributed by atoms with Crippen LogP contribution < -0.4 is 5.32 Å². The molecule has 1 fully saturated rings. The predicted molar refractivity (Wildman–Crippen MR) is 82.4 cm³/mol. The van der Waals surface area contributed by atoms with Gasteiger partial charge in [0.1, 0.15) is 0 Å². The second kappa shape index (κ2) is 6.24. The van der Waals surface area contributed by atoms with E-state index >= 15 is 0 Å². The van der Waals surface area contributed by atoms with E-state index in [9.17, 15) is 8.42 Å². The van der Waals surface area contributed by atoms with Crippen LogP contribution in [-0.2, 0) is 10.0 Å². The lowest BCUT2D eigenvalue weighted by Crippen LogP contribution is -2.43. The molecule has 0 aliphatic heterocycles. The molecule has 2 rings (SSSR count). The highest BCUT2D eigenvalue weighted by atomic mass is 32.2. The van der Waals surface area contributed by atoms with Gasteiger partial charge in [-0.2, -0.15) is 0 Å². The highest BCUT2D eigenvalue weighted by molar-refractivity contribution is 7.89. The molecule has 4 nitrogen and oxygen atoms in total. The van der Waals surface area contributed by atoms with Gasteiger partial charge in [0.15, 0.2) is 0 Å². The number of rotatable bonds is 6. The van der Waals surface area contributed by atoms with Gasteiger partial charge >= 0.3 is 0 Å². The number of benzene rings is 1. The van der Waals surface area contributed by atoms with Crippen LogP contribution in [0.15, 0.2) is 24.3 Å². The molecule has 112 valence electrons. The number of hydrogen-bond acceptors (Lipinski definition) is 3. The summed E-state index contributed by atoms with van der Waals surface area (Å²) in [5, 5.41) is 3.34. The van der Waals surface area contributed by atoms with Crippen LogP contribution in [0.1, 0.15) is 29.9 Å². The predicted octanol–water partition coefficient (Wildman–Crippen LogP) is 1.72. The topological polar surface area (TPSA) is 49.4 Å². The van der Waals surface area contributed by atoms with Crippen LogP contribution >= 0.6 is 0 Å². The molecule has 0 unspecified atom stereocenters. The molecule has 0 radical (unpaired) electrons. The van der Waals surface area contributed by atoms with Gasteiger partial charge < -0.3 is 5.32 Å². The average molecular weight is 296 g/mol. The van der Waals surface area contributed by atoms with Crippen LogP contribution in [0.25, 0.3) is 0 Å². The van der Waals surface area contributed by atoms with E-state index in [1.165, 1.54) is 15.4 Å². The van der Waals surface area contributed by atoms with E-state index in [0.717, 1.165) is 12.8 Å². The molecule has 20 heavy (non-hydrogen) atoms. The molecule has 1 saturated carbocycles. The Labute approximate surface area is 122 Å². The minimum Gasteiger partial charge on any atom is -0.313 e. The smallest absolute Gasteiger partial charge is 0.214 e. The minimum atomic E-state index is -3.08. The van der Waals surface area contributed by atoms with Crippen LogP contribution in [-0.4, -0.2) is 45.2 Å². The van der Waals surface area contributed by atoms with Gasteiger partial charge in [-0.15, -0.1) is 0 Å². The Morgan fingerprint density at radius 1 is 1.25 bits per heavy atom. The highest BCUT2D eigenvalue weighted by Crippen LogP contribution is 2.38. The van der Waals surface area contributed by atoms with Crippen LogP contribution in [0.5, 0.6) is 0 Å². The maximum Gasteiger partial charge on any atom is 0.214 e. The molecule has 1 N–H and O–H groups in total. The van der Waals surface area contributed by atoms with Crippen molar-refractivity contribution in [2.75, 3.05) is 26.4 Å². The first kappa shape index (κ1) is 15.5. The Kier molecular flexibility index (Phi) is 4.83. The molecule has 0 atom stereocenters. The number of sulfonamides is 1. The lowest BCUT2D eigenvalue weighted by atomic mass is 9.74. The second-order valence-electron chi connectivity index (χ2n) is 5.77. The third kappa shape index (κ3) is 3.59. The molecule has 0 spiro atoms. The van der Waals surface area contributed by atoms with Gasteiger partial charge in [0.2, 0.25) is 10.0 Å². The van der Waals surface area contributed by atoms with Gasteiger partial charge in [-0.1, -0.05) is 24.3 Å². The van der Waals surface area contributed by atoms with Crippen LogP contribution in [0.2, 0.25) is 0 Å². The van der Waals surface area contributed by atoms with Gasteiger partial charge in [-0.05, 0) is 36.8 Å². The summed E-state index contributed by atoms with van der Waals surface area (Å²) in [4.78, 5) is 0. The van der Waals surface area contributed by atoms with Crippen molar-refractivity contribution in [3.05, 3.63) is 35.4 Å². The Bertz CT molecular complexity index is 549. The molecule has 1 aliphatic carbocycles. The molecule has 1 aromatic carbocycles. The zero-order chi connectivity index (χ0) is 14.8. The van der Waals surface area contributed by atoms with Crippen molar-refractivity contribution in [1.82, 2.24) is 9.62 Å². The van der Waals surface area contributed by atoms with Crippen molar-refractivity contribution in [2.24, 2.45) is 0 Å². The normalized spacial score (nSPS) is 22.8. The van der Waals surface area contributed by atoms with E-state index in [1.807, 2.05) is 0 Å². The first-order valence-corrected chi connectivity index (χ1v) is 8.70. The fraction of sp³-hybridized carbons (Fsp3) is 0.600. The van der Waals surface area contributed by atoms with Crippen molar-refractivity contribution in [1.29, 1.82) is 0 Å². The zero-order valence-corrected chi connectivity index (χ0v) is 13.3. The molecular formula is C15H24N2O2S. The summed E-state index contributed by atoms with van der Waals surface area (Å²) in [5.74, 6) is 0.796. The van der Waals surface area contributed by atoms with Crippen LogP contribution in [0.4, 0.5) is 0 Å². The Balaban J connectivity index is 1.74. The fourth-order valence-corrected chi connectivity index (χ4v) is 3.40. The summed E-state index contributed by atoms with van der Waals surface area (Å²) in [7, 11) is 0.0730. The lowest BCUT2D eigenvalue weighted by Gasteiger charge is -2.37. The Morgan fingerprint density at radius 3 is 2.50 bits per heavy atom. The summed E-state index contributed by atoms with van der Waals surface area (Å²) in [6, 6.07) is 8.97. The number of aryl methyl sites for hydroxylation is 1. The van der Waals surface area contributed by atoms with E-state index in [-0.39, 0.29) is 5.75 Å². The van der Waals surface area contributed by atoms with E-state index in [0.29, 0.717) is 18.5 Å². The number of nitrogens with one attached hydrogen (secondary N) is 1. The molecule has 5 heteroatoms. The molecule has 0 aromatic heterocycles. The van der Waals surface area contributed by atoms with Crippen LogP contribution in [0, 0.1) is 6.92 Å². The van der Waals surface area contributed by atoms with Gasteiger partial charge in [0.05, 0.1) is 5.75 Å². The number of hydrogen-bond donors (Lipinski definition) is 1. The summed E-state index contributed by atoms with van der Waals surface area (Å²) in [6.45, 7) is 2.69. The van der Waals surface area contributed by atoms with E-state index < -0.39 is 10.0 Å². The molecule has 1 aliphatic rings. The molecule has 0 bridgehead atoms. The SMILES string of the molecule is Cc1ccccc1C1CC(NCCS(=O)(=O)N(C)C)C1. The Hall–Kier alpha value is -0.910. The lowest BCUT2D eigenvalue weighted by molar-refractivity contribution is 0.295. The van der Waals surface area contributed by atoms with Crippen molar-refractivity contribution < 1.29 is 8.42 Å². The minimum absolute atomic E-state index is 0.172. The monoisotopic (exact) mass is 296 g/mol. The van der Waals surface area contributed by atoms with E-state index in [4.69, 9.17) is 0 Å². The van der Waals surface area contributed by atoms with Crippen molar-refractivity contribution in [3.8, 4) is 0 Å². The summed E-state index contributed by atoms with van der Waals surface area (Å²) < 4.78 is 24.6. The van der Waals surface area contributed by atoms with Gasteiger partial charge in [-0.3, -0.25) is 0 Å². The third-order valence-electron chi connectivity index (χ3n) is 4.12. The summed E-state index contributed by atoms with van der Waals surface area (Å²) in [6.07, 6.45) is 2.21. The van der Waals surface area contributed by atoms with Gasteiger partial charge in [0, 0.05) is 26.7 Å². The first-order chi connectivity index (χ1) is 9.40. The van der Waals surface area contributed by atoms with Crippen molar-refractivity contribution in [2.45, 2.75) is 31.7 Å². The third-order valence-corrected chi connectivity index (χ3v) is 5.95. The van der Waals surface area contributed by atoms with Crippen molar-refractivity contribution >= 4 is 10.0 Å². The highest BCUT2D eigenvalue weighted by Gasteiger charge is 2.30. The van der Waals surface area contributed by atoms with Crippen molar-refractivity contribution in [3.63, 3.8) is 0 Å². The molecule has 1 aromatic rings. The average Bonchev–Trinajstić information content (AvgIpc) is 2.33. The molecule has 0 saturated heterocycles. The van der Waals surface area contributed by atoms with Gasteiger partial charge in [-0.25, -0.2) is 12.7 Å². The molecule has 0 amide bonds.